The van der Waals surface area contributed by atoms with Crippen LogP contribution in [0.5, 0.6) is 0 Å². The molecule has 0 radical (unpaired) electrons. The Hall–Kier alpha value is -1.84. The normalized spacial score (nSPS) is 13.9. The van der Waals surface area contributed by atoms with Gasteiger partial charge in [0.05, 0.1) is 11.9 Å². The largest absolute Gasteiger partial charge is 0.338 e. The van der Waals surface area contributed by atoms with E-state index >= 15 is 0 Å². The van der Waals surface area contributed by atoms with Gasteiger partial charge < -0.3 is 5.32 Å². The third-order valence-electron chi connectivity index (χ3n) is 3.33. The van der Waals surface area contributed by atoms with Crippen molar-refractivity contribution in [3.05, 3.63) is 35.8 Å². The van der Waals surface area contributed by atoms with Gasteiger partial charge in [0.2, 0.25) is 0 Å². The van der Waals surface area contributed by atoms with Crippen LogP contribution in [-0.4, -0.2) is 14.8 Å². The molecule has 0 aromatic carbocycles. The van der Waals surface area contributed by atoms with Crippen LogP contribution >= 0.6 is 0 Å². The zero-order valence-corrected chi connectivity index (χ0v) is 10.8. The molecule has 0 amide bonds. The molecule has 0 spiro atoms. The average molecular weight is 242 g/mol. The van der Waals surface area contributed by atoms with Gasteiger partial charge in [-0.3, -0.25) is 4.68 Å². The van der Waals surface area contributed by atoms with E-state index in [0.29, 0.717) is 6.04 Å². The van der Waals surface area contributed by atoms with Gasteiger partial charge >= 0.3 is 0 Å². The second kappa shape index (κ2) is 4.44. The number of pyridine rings is 1. The van der Waals surface area contributed by atoms with Crippen molar-refractivity contribution in [1.82, 2.24) is 14.8 Å². The van der Waals surface area contributed by atoms with Crippen LogP contribution in [0.25, 0.3) is 0 Å². The molecule has 0 aliphatic heterocycles. The van der Waals surface area contributed by atoms with Crippen LogP contribution in [0, 0.1) is 0 Å². The van der Waals surface area contributed by atoms with Crippen LogP contribution in [0.2, 0.25) is 0 Å². The molecule has 3 rings (SSSR count). The first kappa shape index (κ1) is 11.3. The van der Waals surface area contributed by atoms with Gasteiger partial charge in [0.25, 0.3) is 0 Å². The van der Waals surface area contributed by atoms with Gasteiger partial charge in [0.1, 0.15) is 5.82 Å². The van der Waals surface area contributed by atoms with Crippen molar-refractivity contribution < 1.29 is 0 Å². The van der Waals surface area contributed by atoms with Gasteiger partial charge in [0.15, 0.2) is 0 Å². The van der Waals surface area contributed by atoms with Crippen molar-refractivity contribution in [2.75, 3.05) is 5.32 Å². The second-order valence-corrected chi connectivity index (χ2v) is 5.08. The summed E-state index contributed by atoms with van der Waals surface area (Å²) in [6.07, 6.45) is 7.37. The fourth-order valence-corrected chi connectivity index (χ4v) is 2.32. The monoisotopic (exact) mass is 242 g/mol. The third-order valence-corrected chi connectivity index (χ3v) is 3.33. The number of anilines is 2. The van der Waals surface area contributed by atoms with Crippen molar-refractivity contribution in [2.24, 2.45) is 0 Å². The Morgan fingerprint density at radius 2 is 2.17 bits per heavy atom. The zero-order chi connectivity index (χ0) is 12.5. The minimum atomic E-state index is 0.383. The molecule has 94 valence electrons. The van der Waals surface area contributed by atoms with E-state index in [1.807, 2.05) is 17.1 Å². The molecule has 0 atom stereocenters. The fourth-order valence-electron chi connectivity index (χ4n) is 2.32. The fraction of sp³-hybridized carbons (Fsp3) is 0.429. The highest BCUT2D eigenvalue weighted by Crippen LogP contribution is 2.23. The molecule has 4 nitrogen and oxygen atoms in total. The summed E-state index contributed by atoms with van der Waals surface area (Å²) in [7, 11) is 0. The van der Waals surface area contributed by atoms with Gasteiger partial charge in [0, 0.05) is 17.9 Å². The van der Waals surface area contributed by atoms with Crippen LogP contribution in [-0.2, 0) is 12.8 Å². The van der Waals surface area contributed by atoms with E-state index in [4.69, 9.17) is 0 Å². The summed E-state index contributed by atoms with van der Waals surface area (Å²) in [5.41, 5.74) is 3.64. The molecule has 0 bridgehead atoms. The SMILES string of the molecule is CC(C)n1cc(Nc2ccc3c(n2)CCC3)cn1. The number of hydrogen-bond donors (Lipinski definition) is 1. The van der Waals surface area contributed by atoms with Crippen LogP contribution < -0.4 is 5.32 Å². The quantitative estimate of drug-likeness (QED) is 0.899. The maximum absolute atomic E-state index is 4.65. The maximum atomic E-state index is 4.65. The van der Waals surface area contributed by atoms with E-state index in [1.54, 1.807) is 0 Å². The number of hydrogen-bond acceptors (Lipinski definition) is 3. The average Bonchev–Trinajstić information content (AvgIpc) is 2.96. The molecule has 1 aliphatic rings. The van der Waals surface area contributed by atoms with E-state index in [2.05, 4.69) is 41.4 Å². The van der Waals surface area contributed by atoms with E-state index < -0.39 is 0 Å². The number of fused-ring (bicyclic) bond motifs is 1. The topological polar surface area (TPSA) is 42.7 Å². The summed E-state index contributed by atoms with van der Waals surface area (Å²) in [6, 6.07) is 4.62. The van der Waals surface area contributed by atoms with Crippen molar-refractivity contribution in [2.45, 2.75) is 39.2 Å². The van der Waals surface area contributed by atoms with Crippen molar-refractivity contribution >= 4 is 11.5 Å². The standard InChI is InChI=1S/C14H18N4/c1-10(2)18-9-12(8-15-18)16-14-7-6-11-4-3-5-13(11)17-14/h6-10H,3-5H2,1-2H3,(H,16,17). The molecule has 4 heteroatoms. The van der Waals surface area contributed by atoms with Gasteiger partial charge in [-0.05, 0) is 44.7 Å². The minimum absolute atomic E-state index is 0.383. The number of nitrogens with one attached hydrogen (secondary N) is 1. The van der Waals surface area contributed by atoms with Gasteiger partial charge in [-0.2, -0.15) is 5.10 Å². The highest BCUT2D eigenvalue weighted by Gasteiger charge is 2.12. The summed E-state index contributed by atoms with van der Waals surface area (Å²) in [5.74, 6) is 0.916. The highest BCUT2D eigenvalue weighted by atomic mass is 15.3. The summed E-state index contributed by atoms with van der Waals surface area (Å²) in [6.45, 7) is 4.23. The highest BCUT2D eigenvalue weighted by molar-refractivity contribution is 5.54. The maximum Gasteiger partial charge on any atom is 0.130 e. The first-order valence-corrected chi connectivity index (χ1v) is 6.52. The summed E-state index contributed by atoms with van der Waals surface area (Å²) >= 11 is 0. The molecule has 18 heavy (non-hydrogen) atoms. The molecule has 1 N–H and O–H groups in total. The number of nitrogens with zero attached hydrogens (tertiary/aromatic N) is 3. The number of aryl methyl sites for hydroxylation is 2. The van der Waals surface area contributed by atoms with Crippen LogP contribution in [0.3, 0.4) is 0 Å². The Bertz CT molecular complexity index is 557. The predicted octanol–water partition coefficient (Wildman–Crippen LogP) is 3.09. The molecule has 2 heterocycles. The smallest absolute Gasteiger partial charge is 0.130 e. The number of aromatic nitrogens is 3. The zero-order valence-electron chi connectivity index (χ0n) is 10.8. The van der Waals surface area contributed by atoms with E-state index in [9.17, 15) is 0 Å². The van der Waals surface area contributed by atoms with Crippen LogP contribution in [0.15, 0.2) is 24.5 Å². The molecule has 2 aromatic heterocycles. The lowest BCUT2D eigenvalue weighted by Gasteiger charge is -2.06. The van der Waals surface area contributed by atoms with Gasteiger partial charge in [-0.25, -0.2) is 4.98 Å². The molecular weight excluding hydrogens is 224 g/mol. The molecule has 0 unspecified atom stereocenters. The van der Waals surface area contributed by atoms with Gasteiger partial charge in [-0.1, -0.05) is 6.07 Å². The Kier molecular flexibility index (Phi) is 2.78. The summed E-state index contributed by atoms with van der Waals surface area (Å²) in [4.78, 5) is 4.65. The van der Waals surface area contributed by atoms with E-state index in [-0.39, 0.29) is 0 Å². The lowest BCUT2D eigenvalue weighted by Crippen LogP contribution is -2.00. The second-order valence-electron chi connectivity index (χ2n) is 5.08. The molecule has 2 aromatic rings. The Labute approximate surface area is 107 Å². The Morgan fingerprint density at radius 1 is 1.28 bits per heavy atom. The first-order chi connectivity index (χ1) is 8.72. The minimum Gasteiger partial charge on any atom is -0.338 e. The van der Waals surface area contributed by atoms with E-state index in [0.717, 1.165) is 17.9 Å². The van der Waals surface area contributed by atoms with Crippen molar-refractivity contribution in [3.8, 4) is 0 Å². The summed E-state index contributed by atoms with van der Waals surface area (Å²) < 4.78 is 1.94. The Balaban J connectivity index is 1.79. The first-order valence-electron chi connectivity index (χ1n) is 6.52. The van der Waals surface area contributed by atoms with E-state index in [1.165, 1.54) is 24.1 Å². The van der Waals surface area contributed by atoms with Crippen molar-refractivity contribution in [1.29, 1.82) is 0 Å². The molecular formula is C14H18N4. The van der Waals surface area contributed by atoms with Crippen molar-refractivity contribution in [3.63, 3.8) is 0 Å². The number of rotatable bonds is 3. The van der Waals surface area contributed by atoms with Crippen LogP contribution in [0.1, 0.15) is 37.6 Å². The Morgan fingerprint density at radius 3 is 2.94 bits per heavy atom. The summed E-state index contributed by atoms with van der Waals surface area (Å²) in [5, 5.41) is 7.63. The molecule has 0 fully saturated rings. The molecule has 0 saturated heterocycles. The van der Waals surface area contributed by atoms with Gasteiger partial charge in [-0.15, -0.1) is 0 Å². The van der Waals surface area contributed by atoms with Crippen LogP contribution in [0.4, 0.5) is 11.5 Å². The molecule has 1 aliphatic carbocycles. The lowest BCUT2D eigenvalue weighted by molar-refractivity contribution is 0.532. The predicted molar refractivity (Wildman–Crippen MR) is 72.2 cm³/mol. The third kappa shape index (κ3) is 2.10. The molecule has 0 saturated carbocycles. The lowest BCUT2D eigenvalue weighted by atomic mass is 10.2.